The van der Waals surface area contributed by atoms with Gasteiger partial charge in [-0.05, 0) is 32.4 Å². The highest BCUT2D eigenvalue weighted by Crippen LogP contribution is 2.17. The molecule has 0 aromatic carbocycles. The third-order valence-corrected chi connectivity index (χ3v) is 4.28. The quantitative estimate of drug-likeness (QED) is 0.748. The van der Waals surface area contributed by atoms with E-state index in [-0.39, 0.29) is 12.6 Å². The molecule has 2 N–H and O–H groups in total. The largest absolute Gasteiger partial charge is 0.480 e. The van der Waals surface area contributed by atoms with E-state index in [0.717, 1.165) is 26.1 Å². The highest BCUT2D eigenvalue weighted by molar-refractivity contribution is 5.75. The fraction of sp³-hybridized carbons (Fsp3) is 0.857. The van der Waals surface area contributed by atoms with Crippen molar-refractivity contribution >= 4 is 12.0 Å². The number of urea groups is 1. The topological polar surface area (TPSA) is 76.1 Å². The van der Waals surface area contributed by atoms with E-state index in [1.807, 2.05) is 21.7 Å². The number of amides is 2. The van der Waals surface area contributed by atoms with Gasteiger partial charge in [0.25, 0.3) is 0 Å². The Morgan fingerprint density at radius 3 is 2.48 bits per heavy atom. The van der Waals surface area contributed by atoms with E-state index in [1.165, 1.54) is 6.42 Å². The van der Waals surface area contributed by atoms with Gasteiger partial charge >= 0.3 is 12.0 Å². The van der Waals surface area contributed by atoms with E-state index in [2.05, 4.69) is 5.32 Å². The fourth-order valence-electron chi connectivity index (χ4n) is 3.18. The number of carbonyl (C=O) groups is 2. The smallest absolute Gasteiger partial charge is 0.320 e. The maximum atomic E-state index is 12.5. The number of carbonyl (C=O) groups excluding carboxylic acids is 1. The van der Waals surface area contributed by atoms with Crippen LogP contribution in [0, 0.1) is 5.92 Å². The summed E-state index contributed by atoms with van der Waals surface area (Å²) in [5.74, 6) is -0.262. The Kier molecular flexibility index (Phi) is 5.81. The monoisotopic (exact) mass is 298 g/mol. The molecular weight excluding hydrogens is 272 g/mol. The van der Waals surface area contributed by atoms with Gasteiger partial charge < -0.3 is 20.2 Å². The second-order valence-electron chi connectivity index (χ2n) is 5.95. The molecular formula is C14H26N4O3. The number of carboxylic acids is 1. The van der Waals surface area contributed by atoms with Gasteiger partial charge in [-0.2, -0.15) is 0 Å². The first-order chi connectivity index (χ1) is 10.1. The predicted octanol–water partition coefficient (Wildman–Crippen LogP) is -0.260. The summed E-state index contributed by atoms with van der Waals surface area (Å²) in [6, 6.07) is 0.116. The van der Waals surface area contributed by atoms with Gasteiger partial charge in [-0.25, -0.2) is 4.79 Å². The summed E-state index contributed by atoms with van der Waals surface area (Å²) < 4.78 is 0. The Labute approximate surface area is 125 Å². The third-order valence-electron chi connectivity index (χ3n) is 4.28. The molecule has 7 nitrogen and oxygen atoms in total. The van der Waals surface area contributed by atoms with Gasteiger partial charge in [0.2, 0.25) is 0 Å². The number of piperidine rings is 1. The van der Waals surface area contributed by atoms with Crippen LogP contribution in [0.2, 0.25) is 0 Å². The molecule has 2 fully saturated rings. The molecule has 2 rings (SSSR count). The highest BCUT2D eigenvalue weighted by atomic mass is 16.4. The number of carboxylic acid groups (broad SMARTS) is 1. The lowest BCUT2D eigenvalue weighted by Crippen LogP contribution is -2.55. The minimum absolute atomic E-state index is 0.0655. The standard InChI is InChI=1S/C14H26N4O3/c1-15-9-12-3-2-4-18(10-12)14(21)17-7-5-16(6-8-17)11-13(19)20/h12,15H,2-11H2,1H3,(H,19,20). The second-order valence-corrected chi connectivity index (χ2v) is 5.95. The molecule has 0 aromatic rings. The van der Waals surface area contributed by atoms with Crippen molar-refractivity contribution in [2.75, 3.05) is 59.4 Å². The Bertz CT molecular complexity index is 367. The summed E-state index contributed by atoms with van der Waals surface area (Å²) in [5, 5.41) is 12.0. The van der Waals surface area contributed by atoms with Gasteiger partial charge in [0.1, 0.15) is 0 Å². The second kappa shape index (κ2) is 7.61. The van der Waals surface area contributed by atoms with Crippen LogP contribution in [-0.4, -0.2) is 91.2 Å². The van der Waals surface area contributed by atoms with Gasteiger partial charge in [0.05, 0.1) is 6.54 Å². The molecule has 2 aliphatic rings. The number of nitrogens with zero attached hydrogens (tertiary/aromatic N) is 3. The molecule has 0 aliphatic carbocycles. The summed E-state index contributed by atoms with van der Waals surface area (Å²) in [5.41, 5.74) is 0. The van der Waals surface area contributed by atoms with Gasteiger partial charge in [0, 0.05) is 39.3 Å². The van der Waals surface area contributed by atoms with Crippen molar-refractivity contribution in [3.8, 4) is 0 Å². The van der Waals surface area contributed by atoms with Crippen molar-refractivity contribution in [3.63, 3.8) is 0 Å². The van der Waals surface area contributed by atoms with Gasteiger partial charge in [-0.3, -0.25) is 9.69 Å². The van der Waals surface area contributed by atoms with E-state index < -0.39 is 5.97 Å². The molecule has 2 heterocycles. The Balaban J connectivity index is 1.80. The van der Waals surface area contributed by atoms with E-state index in [0.29, 0.717) is 32.1 Å². The molecule has 1 atom stereocenters. The van der Waals surface area contributed by atoms with Crippen molar-refractivity contribution in [2.24, 2.45) is 5.92 Å². The number of aliphatic carboxylic acids is 1. The van der Waals surface area contributed by atoms with E-state index in [4.69, 9.17) is 5.11 Å². The lowest BCUT2D eigenvalue weighted by Gasteiger charge is -2.39. The first-order valence-corrected chi connectivity index (χ1v) is 7.72. The maximum Gasteiger partial charge on any atom is 0.320 e. The summed E-state index contributed by atoms with van der Waals surface area (Å²) in [6.07, 6.45) is 2.24. The number of nitrogens with one attached hydrogen (secondary N) is 1. The van der Waals surface area contributed by atoms with Crippen LogP contribution in [0.5, 0.6) is 0 Å². The summed E-state index contributed by atoms with van der Waals surface area (Å²) in [6.45, 7) is 5.23. The molecule has 2 aliphatic heterocycles. The molecule has 2 amide bonds. The third kappa shape index (κ3) is 4.57. The van der Waals surface area contributed by atoms with E-state index in [1.54, 1.807) is 0 Å². The molecule has 0 aromatic heterocycles. The number of hydrogen-bond acceptors (Lipinski definition) is 4. The minimum Gasteiger partial charge on any atom is -0.480 e. The van der Waals surface area contributed by atoms with Crippen LogP contribution in [0.4, 0.5) is 4.79 Å². The Morgan fingerprint density at radius 1 is 1.14 bits per heavy atom. The van der Waals surface area contributed by atoms with Crippen LogP contribution in [0.1, 0.15) is 12.8 Å². The van der Waals surface area contributed by atoms with Gasteiger partial charge in [-0.15, -0.1) is 0 Å². The van der Waals surface area contributed by atoms with E-state index in [9.17, 15) is 9.59 Å². The highest BCUT2D eigenvalue weighted by Gasteiger charge is 2.29. The Morgan fingerprint density at radius 2 is 1.86 bits per heavy atom. The first-order valence-electron chi connectivity index (χ1n) is 7.72. The van der Waals surface area contributed by atoms with Crippen LogP contribution >= 0.6 is 0 Å². The molecule has 0 bridgehead atoms. The van der Waals surface area contributed by atoms with Crippen LogP contribution in [0.15, 0.2) is 0 Å². The number of hydrogen-bond donors (Lipinski definition) is 2. The molecule has 120 valence electrons. The molecule has 7 heteroatoms. The zero-order valence-corrected chi connectivity index (χ0v) is 12.8. The molecule has 0 spiro atoms. The maximum absolute atomic E-state index is 12.5. The van der Waals surface area contributed by atoms with Crippen LogP contribution < -0.4 is 5.32 Å². The van der Waals surface area contributed by atoms with Crippen LogP contribution in [0.3, 0.4) is 0 Å². The average Bonchev–Trinajstić information content (AvgIpc) is 2.47. The predicted molar refractivity (Wildman–Crippen MR) is 79.3 cm³/mol. The fourth-order valence-corrected chi connectivity index (χ4v) is 3.18. The normalized spacial score (nSPS) is 24.1. The van der Waals surface area contributed by atoms with Crippen molar-refractivity contribution < 1.29 is 14.7 Å². The van der Waals surface area contributed by atoms with Crippen molar-refractivity contribution in [1.29, 1.82) is 0 Å². The molecule has 0 saturated carbocycles. The minimum atomic E-state index is -0.805. The zero-order valence-electron chi connectivity index (χ0n) is 12.8. The SMILES string of the molecule is CNCC1CCCN(C(=O)N2CCN(CC(=O)O)CC2)C1. The van der Waals surface area contributed by atoms with Crippen molar-refractivity contribution in [3.05, 3.63) is 0 Å². The lowest BCUT2D eigenvalue weighted by atomic mass is 9.98. The summed E-state index contributed by atoms with van der Waals surface area (Å²) >= 11 is 0. The van der Waals surface area contributed by atoms with E-state index >= 15 is 0 Å². The number of rotatable bonds is 4. The Hall–Kier alpha value is -1.34. The first kappa shape index (κ1) is 16.0. The molecule has 2 saturated heterocycles. The summed E-state index contributed by atoms with van der Waals surface area (Å²) in [7, 11) is 1.95. The molecule has 21 heavy (non-hydrogen) atoms. The van der Waals surface area contributed by atoms with Crippen molar-refractivity contribution in [2.45, 2.75) is 12.8 Å². The summed E-state index contributed by atoms with van der Waals surface area (Å²) in [4.78, 5) is 28.9. The molecule has 0 radical (unpaired) electrons. The average molecular weight is 298 g/mol. The van der Waals surface area contributed by atoms with Crippen LogP contribution in [0.25, 0.3) is 0 Å². The van der Waals surface area contributed by atoms with Crippen molar-refractivity contribution in [1.82, 2.24) is 20.0 Å². The zero-order chi connectivity index (χ0) is 15.2. The van der Waals surface area contributed by atoms with Gasteiger partial charge in [-0.1, -0.05) is 0 Å². The molecule has 1 unspecified atom stereocenters. The number of likely N-dealkylation sites (tertiary alicyclic amines) is 1. The number of piperazine rings is 1. The lowest BCUT2D eigenvalue weighted by molar-refractivity contribution is -0.138. The van der Waals surface area contributed by atoms with Crippen LogP contribution in [-0.2, 0) is 4.79 Å². The van der Waals surface area contributed by atoms with Gasteiger partial charge in [0.15, 0.2) is 0 Å².